The van der Waals surface area contributed by atoms with Crippen LogP contribution >= 0.6 is 11.6 Å². The number of ether oxygens (including phenoxy) is 1. The van der Waals surface area contributed by atoms with Gasteiger partial charge >= 0.3 is 0 Å². The summed E-state index contributed by atoms with van der Waals surface area (Å²) in [7, 11) is 0. The third kappa shape index (κ3) is 5.55. The number of pyridine rings is 1. The summed E-state index contributed by atoms with van der Waals surface area (Å²) in [6.45, 7) is 5.17. The summed E-state index contributed by atoms with van der Waals surface area (Å²) in [6, 6.07) is 16.1. The van der Waals surface area contributed by atoms with Crippen LogP contribution in [0.1, 0.15) is 43.2 Å². The maximum Gasteiger partial charge on any atom is 0.252 e. The molecule has 2 aromatic carbocycles. The Morgan fingerprint density at radius 3 is 2.83 bits per heavy atom. The Kier molecular flexibility index (Phi) is 7.54. The van der Waals surface area contributed by atoms with Crippen molar-refractivity contribution in [2.75, 3.05) is 26.2 Å². The fourth-order valence-electron chi connectivity index (χ4n) is 5.19. The van der Waals surface area contributed by atoms with Gasteiger partial charge in [-0.15, -0.1) is 0 Å². The summed E-state index contributed by atoms with van der Waals surface area (Å²) in [5, 5.41) is 1.63. The van der Waals surface area contributed by atoms with Gasteiger partial charge in [-0.05, 0) is 62.4 Å². The minimum Gasteiger partial charge on any atom is -0.368 e. The van der Waals surface area contributed by atoms with E-state index in [9.17, 15) is 9.59 Å². The topological polar surface area (TPSA) is 62.7 Å². The lowest BCUT2D eigenvalue weighted by Gasteiger charge is -2.27. The number of fused-ring (bicyclic) bond motifs is 1. The largest absolute Gasteiger partial charge is 0.368 e. The van der Waals surface area contributed by atoms with E-state index in [1.54, 1.807) is 0 Å². The van der Waals surface area contributed by atoms with Crippen LogP contribution in [0.5, 0.6) is 0 Å². The van der Waals surface area contributed by atoms with E-state index in [-0.39, 0.29) is 11.8 Å². The smallest absolute Gasteiger partial charge is 0.252 e. The molecule has 36 heavy (non-hydrogen) atoms. The van der Waals surface area contributed by atoms with Gasteiger partial charge in [0, 0.05) is 55.2 Å². The molecule has 0 saturated carbocycles. The van der Waals surface area contributed by atoms with Gasteiger partial charge in [-0.25, -0.2) is 4.98 Å². The molecule has 2 aliphatic rings. The van der Waals surface area contributed by atoms with Crippen LogP contribution in [0.15, 0.2) is 48.5 Å². The standard InChI is InChI=1S/C29H32ClN3O3/c1-20-6-2-7-22(16-20)28-23(17-21-10-11-24(30)18-25(21)31-28)19-33(29(35)26-8-4-15-36-26)14-5-13-32-12-3-9-27(32)34/h2,6-7,10-11,16-18,26H,3-5,8-9,12-15,19H2,1H3/t26-/m1/s1. The summed E-state index contributed by atoms with van der Waals surface area (Å²) in [4.78, 5) is 34.4. The molecule has 2 amide bonds. The number of hydrogen-bond acceptors (Lipinski definition) is 4. The maximum absolute atomic E-state index is 13.5. The van der Waals surface area contributed by atoms with Gasteiger partial charge in [-0.3, -0.25) is 9.59 Å². The first-order valence-corrected chi connectivity index (χ1v) is 13.2. The molecule has 0 spiro atoms. The van der Waals surface area contributed by atoms with Crippen molar-refractivity contribution in [1.82, 2.24) is 14.8 Å². The van der Waals surface area contributed by atoms with Crippen LogP contribution < -0.4 is 0 Å². The van der Waals surface area contributed by atoms with Crippen LogP contribution in [0.4, 0.5) is 0 Å². The molecule has 6 nitrogen and oxygen atoms in total. The van der Waals surface area contributed by atoms with Gasteiger partial charge in [-0.2, -0.15) is 0 Å². The lowest BCUT2D eigenvalue weighted by Crippen LogP contribution is -2.40. The molecule has 7 heteroatoms. The number of amides is 2. The first-order chi connectivity index (χ1) is 17.5. The minimum absolute atomic E-state index is 0.0200. The van der Waals surface area contributed by atoms with Crippen LogP contribution in [0.25, 0.3) is 22.2 Å². The van der Waals surface area contributed by atoms with E-state index in [4.69, 9.17) is 21.3 Å². The number of carbonyl (C=O) groups is 2. The Bertz CT molecular complexity index is 1270. The third-order valence-electron chi connectivity index (χ3n) is 7.06. The van der Waals surface area contributed by atoms with Gasteiger partial charge in [0.1, 0.15) is 6.10 Å². The number of carbonyl (C=O) groups excluding carboxylic acids is 2. The van der Waals surface area contributed by atoms with E-state index in [2.05, 4.69) is 31.2 Å². The first kappa shape index (κ1) is 24.7. The fraction of sp³-hybridized carbons (Fsp3) is 0.414. The van der Waals surface area contributed by atoms with Crippen molar-refractivity contribution in [2.24, 2.45) is 0 Å². The first-order valence-electron chi connectivity index (χ1n) is 12.8. The highest BCUT2D eigenvalue weighted by Gasteiger charge is 2.29. The Labute approximate surface area is 217 Å². The molecule has 1 aromatic heterocycles. The summed E-state index contributed by atoms with van der Waals surface area (Å²) in [6.07, 6.45) is 3.54. The Balaban J connectivity index is 1.47. The molecule has 2 saturated heterocycles. The lowest BCUT2D eigenvalue weighted by molar-refractivity contribution is -0.141. The van der Waals surface area contributed by atoms with Crippen molar-refractivity contribution in [2.45, 2.75) is 51.7 Å². The van der Waals surface area contributed by atoms with Crippen LogP contribution in [-0.4, -0.2) is 58.9 Å². The van der Waals surface area contributed by atoms with Gasteiger partial charge in [0.25, 0.3) is 5.91 Å². The number of likely N-dealkylation sites (tertiary alicyclic amines) is 1. The molecule has 0 unspecified atom stereocenters. The van der Waals surface area contributed by atoms with E-state index >= 15 is 0 Å². The number of aromatic nitrogens is 1. The average molecular weight is 506 g/mol. The second-order valence-corrected chi connectivity index (χ2v) is 10.2. The molecule has 0 radical (unpaired) electrons. The zero-order valence-electron chi connectivity index (χ0n) is 20.7. The second-order valence-electron chi connectivity index (χ2n) is 9.80. The molecule has 3 heterocycles. The van der Waals surface area contributed by atoms with Crippen LogP contribution in [0.3, 0.4) is 0 Å². The van der Waals surface area contributed by atoms with Crippen LogP contribution in [0, 0.1) is 6.92 Å². The molecule has 0 aliphatic carbocycles. The number of aryl methyl sites for hydroxylation is 1. The Hall–Kier alpha value is -2.96. The Morgan fingerprint density at radius 1 is 1.19 bits per heavy atom. The third-order valence-corrected chi connectivity index (χ3v) is 7.29. The van der Waals surface area contributed by atoms with Crippen molar-refractivity contribution in [1.29, 1.82) is 0 Å². The van der Waals surface area contributed by atoms with Crippen molar-refractivity contribution < 1.29 is 14.3 Å². The van der Waals surface area contributed by atoms with Gasteiger partial charge < -0.3 is 14.5 Å². The quantitative estimate of drug-likeness (QED) is 0.412. The minimum atomic E-state index is -0.395. The Morgan fingerprint density at radius 2 is 2.08 bits per heavy atom. The number of hydrogen-bond donors (Lipinski definition) is 0. The molecule has 2 fully saturated rings. The fourth-order valence-corrected chi connectivity index (χ4v) is 5.35. The monoisotopic (exact) mass is 505 g/mol. The zero-order valence-corrected chi connectivity index (χ0v) is 21.5. The number of nitrogens with zero attached hydrogens (tertiary/aromatic N) is 3. The molecular weight excluding hydrogens is 474 g/mol. The van der Waals surface area contributed by atoms with Gasteiger partial charge in [0.15, 0.2) is 0 Å². The summed E-state index contributed by atoms with van der Waals surface area (Å²) >= 11 is 6.27. The van der Waals surface area contributed by atoms with Gasteiger partial charge in [-0.1, -0.05) is 41.4 Å². The lowest BCUT2D eigenvalue weighted by atomic mass is 10.0. The highest BCUT2D eigenvalue weighted by atomic mass is 35.5. The maximum atomic E-state index is 13.5. The van der Waals surface area contributed by atoms with Crippen molar-refractivity contribution in [3.8, 4) is 11.3 Å². The number of halogens is 1. The number of benzene rings is 2. The molecule has 3 aromatic rings. The van der Waals surface area contributed by atoms with Crippen molar-refractivity contribution in [3.05, 3.63) is 64.7 Å². The summed E-state index contributed by atoms with van der Waals surface area (Å²) in [5.74, 6) is 0.234. The van der Waals surface area contributed by atoms with E-state index in [0.29, 0.717) is 37.7 Å². The average Bonchev–Trinajstić information content (AvgIpc) is 3.55. The van der Waals surface area contributed by atoms with Crippen LogP contribution in [-0.2, 0) is 20.9 Å². The highest BCUT2D eigenvalue weighted by Crippen LogP contribution is 2.29. The van der Waals surface area contributed by atoms with Crippen molar-refractivity contribution in [3.63, 3.8) is 0 Å². The SMILES string of the molecule is Cc1cccc(-c2nc3cc(Cl)ccc3cc2CN(CCCN2CCCC2=O)C(=O)[C@H]2CCCO2)c1. The van der Waals surface area contributed by atoms with Crippen LogP contribution in [0.2, 0.25) is 5.02 Å². The predicted molar refractivity (Wildman–Crippen MR) is 142 cm³/mol. The molecular formula is C29H32ClN3O3. The van der Waals surface area contributed by atoms with E-state index in [1.165, 1.54) is 0 Å². The second kappa shape index (κ2) is 11.0. The summed E-state index contributed by atoms with van der Waals surface area (Å²) in [5.41, 5.74) is 4.83. The van der Waals surface area contributed by atoms with E-state index in [0.717, 1.165) is 65.5 Å². The predicted octanol–water partition coefficient (Wildman–Crippen LogP) is 5.38. The molecule has 0 N–H and O–H groups in total. The summed E-state index contributed by atoms with van der Waals surface area (Å²) < 4.78 is 5.76. The van der Waals surface area contributed by atoms with E-state index in [1.807, 2.05) is 34.1 Å². The van der Waals surface area contributed by atoms with Crippen molar-refractivity contribution >= 4 is 34.3 Å². The number of rotatable bonds is 8. The highest BCUT2D eigenvalue weighted by molar-refractivity contribution is 6.31. The zero-order chi connectivity index (χ0) is 25.1. The molecule has 0 bridgehead atoms. The van der Waals surface area contributed by atoms with Gasteiger partial charge in [0.05, 0.1) is 11.2 Å². The molecule has 1 atom stereocenters. The molecule has 188 valence electrons. The molecule has 5 rings (SSSR count). The molecule has 2 aliphatic heterocycles. The normalized spacial score (nSPS) is 17.8. The van der Waals surface area contributed by atoms with E-state index < -0.39 is 6.10 Å². The van der Waals surface area contributed by atoms with Gasteiger partial charge in [0.2, 0.25) is 5.91 Å².